The van der Waals surface area contributed by atoms with Crippen molar-refractivity contribution in [1.29, 1.82) is 0 Å². The molecule has 1 N–H and O–H groups in total. The van der Waals surface area contributed by atoms with Crippen LogP contribution in [0.2, 0.25) is 0 Å². The Morgan fingerprint density at radius 2 is 2.25 bits per heavy atom. The maximum Gasteiger partial charge on any atom is 0.147 e. The number of hydrogen-bond donors (Lipinski definition) is 1. The van der Waals surface area contributed by atoms with Crippen molar-refractivity contribution < 1.29 is 9.90 Å². The zero-order valence-electron chi connectivity index (χ0n) is 6.62. The van der Waals surface area contributed by atoms with Crippen LogP contribution < -0.4 is 0 Å². The van der Waals surface area contributed by atoms with E-state index < -0.39 is 0 Å². The van der Waals surface area contributed by atoms with Crippen LogP contribution in [0.3, 0.4) is 0 Å². The maximum atomic E-state index is 10.9. The van der Waals surface area contributed by atoms with E-state index in [0.29, 0.717) is 0 Å². The van der Waals surface area contributed by atoms with E-state index in [1.54, 1.807) is 24.3 Å². The fourth-order valence-corrected chi connectivity index (χ4v) is 1.20. The number of carbonyl (C=O) groups is 1. The van der Waals surface area contributed by atoms with Gasteiger partial charge in [0.15, 0.2) is 0 Å². The Kier molecular flexibility index (Phi) is 2.87. The highest BCUT2D eigenvalue weighted by Gasteiger charge is 2.11. The predicted octanol–water partition coefficient (Wildman–Crippen LogP) is 2.42. The molecule has 0 spiro atoms. The highest BCUT2D eigenvalue weighted by atomic mass is 79.9. The van der Waals surface area contributed by atoms with Gasteiger partial charge < -0.3 is 5.11 Å². The molecule has 0 bridgehead atoms. The predicted molar refractivity (Wildman–Crippen MR) is 50.5 cm³/mol. The molecular formula is C9H9BrO2. The van der Waals surface area contributed by atoms with Crippen LogP contribution in [0.1, 0.15) is 17.3 Å². The van der Waals surface area contributed by atoms with Gasteiger partial charge in [0.2, 0.25) is 0 Å². The summed E-state index contributed by atoms with van der Waals surface area (Å²) in [4.78, 5) is 10.6. The lowest BCUT2D eigenvalue weighted by molar-refractivity contribution is -0.116. The lowest BCUT2D eigenvalue weighted by Crippen LogP contribution is -2.00. The van der Waals surface area contributed by atoms with E-state index in [0.717, 1.165) is 5.56 Å². The first kappa shape index (κ1) is 9.26. The van der Waals surface area contributed by atoms with Gasteiger partial charge in [0.25, 0.3) is 0 Å². The third kappa shape index (κ3) is 2.08. The Bertz CT molecular complexity index is 296. The quantitative estimate of drug-likeness (QED) is 0.790. The van der Waals surface area contributed by atoms with Gasteiger partial charge in [-0.25, -0.2) is 0 Å². The first-order valence-electron chi connectivity index (χ1n) is 3.54. The molecule has 1 rings (SSSR count). The molecule has 64 valence electrons. The number of Topliss-reactive ketones (excluding diaryl/α,β-unsaturated/α-hetero) is 1. The standard InChI is InChI=1S/C9H9BrO2/c1-6(11)9(10)7-3-2-4-8(12)5-7/h2-5,9,12H,1H3. The molecular weight excluding hydrogens is 220 g/mol. The molecule has 0 amide bonds. The Hall–Kier alpha value is -0.830. The van der Waals surface area contributed by atoms with Crippen LogP contribution in [0.5, 0.6) is 5.75 Å². The second-order valence-electron chi connectivity index (χ2n) is 2.57. The fraction of sp³-hybridized carbons (Fsp3) is 0.222. The highest BCUT2D eigenvalue weighted by Crippen LogP contribution is 2.25. The van der Waals surface area contributed by atoms with Gasteiger partial charge in [-0.1, -0.05) is 28.1 Å². The lowest BCUT2D eigenvalue weighted by Gasteiger charge is -2.05. The van der Waals surface area contributed by atoms with E-state index in [4.69, 9.17) is 5.11 Å². The average Bonchev–Trinajstić information content (AvgIpc) is 2.03. The molecule has 0 saturated carbocycles. The summed E-state index contributed by atoms with van der Waals surface area (Å²) in [6.45, 7) is 1.50. The summed E-state index contributed by atoms with van der Waals surface area (Å²) in [7, 11) is 0. The third-order valence-corrected chi connectivity index (χ3v) is 2.69. The Morgan fingerprint density at radius 1 is 1.58 bits per heavy atom. The van der Waals surface area contributed by atoms with Gasteiger partial charge in [-0.2, -0.15) is 0 Å². The molecule has 3 heteroatoms. The number of benzene rings is 1. The minimum Gasteiger partial charge on any atom is -0.508 e. The van der Waals surface area contributed by atoms with Crippen molar-refractivity contribution in [2.45, 2.75) is 11.8 Å². The number of phenols is 1. The molecule has 1 aromatic rings. The number of hydrogen-bond acceptors (Lipinski definition) is 2. The molecule has 0 fully saturated rings. The molecule has 2 nitrogen and oxygen atoms in total. The highest BCUT2D eigenvalue weighted by molar-refractivity contribution is 9.09. The molecule has 0 saturated heterocycles. The molecule has 0 aliphatic heterocycles. The first-order valence-corrected chi connectivity index (χ1v) is 4.46. The van der Waals surface area contributed by atoms with Gasteiger partial charge >= 0.3 is 0 Å². The van der Waals surface area contributed by atoms with Crippen molar-refractivity contribution in [2.75, 3.05) is 0 Å². The van der Waals surface area contributed by atoms with Crippen molar-refractivity contribution in [3.8, 4) is 5.75 Å². The molecule has 0 radical (unpaired) electrons. The summed E-state index contributed by atoms with van der Waals surface area (Å²) >= 11 is 3.22. The Balaban J connectivity index is 2.95. The topological polar surface area (TPSA) is 37.3 Å². The van der Waals surface area contributed by atoms with Crippen molar-refractivity contribution in [2.24, 2.45) is 0 Å². The van der Waals surface area contributed by atoms with Crippen molar-refractivity contribution in [3.05, 3.63) is 29.8 Å². The number of rotatable bonds is 2. The van der Waals surface area contributed by atoms with E-state index >= 15 is 0 Å². The van der Waals surface area contributed by atoms with Crippen LogP contribution in [0.25, 0.3) is 0 Å². The minimum absolute atomic E-state index is 0.0283. The van der Waals surface area contributed by atoms with Gasteiger partial charge in [0.05, 0.1) is 4.83 Å². The van der Waals surface area contributed by atoms with Gasteiger partial charge in [-0.05, 0) is 24.6 Å². The van der Waals surface area contributed by atoms with Gasteiger partial charge in [-0.15, -0.1) is 0 Å². The smallest absolute Gasteiger partial charge is 0.147 e. The molecule has 0 aliphatic rings. The van der Waals surface area contributed by atoms with E-state index in [9.17, 15) is 4.79 Å². The Labute approximate surface area is 79.3 Å². The summed E-state index contributed by atoms with van der Waals surface area (Å²) in [5, 5.41) is 9.11. The van der Waals surface area contributed by atoms with E-state index in [2.05, 4.69) is 15.9 Å². The number of phenolic OH excluding ortho intramolecular Hbond substituents is 1. The largest absolute Gasteiger partial charge is 0.508 e. The zero-order chi connectivity index (χ0) is 9.14. The zero-order valence-corrected chi connectivity index (χ0v) is 8.21. The van der Waals surface area contributed by atoms with E-state index in [1.807, 2.05) is 0 Å². The van der Waals surface area contributed by atoms with Crippen molar-refractivity contribution in [3.63, 3.8) is 0 Å². The molecule has 12 heavy (non-hydrogen) atoms. The summed E-state index contributed by atoms with van der Waals surface area (Å²) in [6, 6.07) is 6.65. The lowest BCUT2D eigenvalue weighted by atomic mass is 10.1. The SMILES string of the molecule is CC(=O)C(Br)c1cccc(O)c1. The summed E-state index contributed by atoms with van der Waals surface area (Å²) in [5.41, 5.74) is 0.780. The average molecular weight is 229 g/mol. The van der Waals surface area contributed by atoms with Crippen molar-refractivity contribution >= 4 is 21.7 Å². The van der Waals surface area contributed by atoms with Crippen LogP contribution in [0.15, 0.2) is 24.3 Å². The molecule has 1 aromatic carbocycles. The fourth-order valence-electron chi connectivity index (χ4n) is 0.917. The maximum absolute atomic E-state index is 10.9. The molecule has 0 aliphatic carbocycles. The molecule has 0 aromatic heterocycles. The summed E-state index contributed by atoms with van der Waals surface area (Å²) in [6.07, 6.45) is 0. The van der Waals surface area contributed by atoms with Gasteiger partial charge in [0, 0.05) is 0 Å². The van der Waals surface area contributed by atoms with Crippen molar-refractivity contribution in [1.82, 2.24) is 0 Å². The molecule has 1 unspecified atom stereocenters. The third-order valence-electron chi connectivity index (χ3n) is 1.52. The number of carbonyl (C=O) groups excluding carboxylic acids is 1. The van der Waals surface area contributed by atoms with Gasteiger partial charge in [0.1, 0.15) is 11.5 Å². The number of aromatic hydroxyl groups is 1. The minimum atomic E-state index is -0.315. The molecule has 0 heterocycles. The summed E-state index contributed by atoms with van der Waals surface area (Å²) in [5.74, 6) is 0.207. The number of halogens is 1. The second kappa shape index (κ2) is 3.72. The normalized spacial score (nSPS) is 12.5. The van der Waals surface area contributed by atoms with Crippen LogP contribution in [0, 0.1) is 0 Å². The monoisotopic (exact) mass is 228 g/mol. The summed E-state index contributed by atoms with van der Waals surface area (Å²) < 4.78 is 0. The van der Waals surface area contributed by atoms with E-state index in [-0.39, 0.29) is 16.4 Å². The Morgan fingerprint density at radius 3 is 2.75 bits per heavy atom. The number of ketones is 1. The first-order chi connectivity index (χ1) is 5.61. The van der Waals surface area contributed by atoms with Crippen LogP contribution in [-0.4, -0.2) is 10.9 Å². The molecule has 1 atom stereocenters. The number of alkyl halides is 1. The van der Waals surface area contributed by atoms with Crippen LogP contribution in [0.4, 0.5) is 0 Å². The van der Waals surface area contributed by atoms with Crippen LogP contribution >= 0.6 is 15.9 Å². The van der Waals surface area contributed by atoms with Gasteiger partial charge in [-0.3, -0.25) is 4.79 Å². The van der Waals surface area contributed by atoms with Crippen LogP contribution in [-0.2, 0) is 4.79 Å². The van der Waals surface area contributed by atoms with E-state index in [1.165, 1.54) is 6.92 Å². The second-order valence-corrected chi connectivity index (χ2v) is 3.48.